The molecular formula is C31H48NTi. The van der Waals surface area contributed by atoms with Gasteiger partial charge in [-0.25, -0.2) is 0 Å². The Labute approximate surface area is 194 Å². The molecule has 2 aromatic rings. The van der Waals surface area contributed by atoms with Crippen molar-refractivity contribution in [2.75, 3.05) is 0 Å². The van der Waals surface area contributed by atoms with Gasteiger partial charge in [0.1, 0.15) is 0 Å². The van der Waals surface area contributed by atoms with Crippen molar-refractivity contribution in [1.29, 1.82) is 0 Å². The normalized spacial score (nSPS) is 34.0. The van der Waals surface area contributed by atoms with E-state index in [2.05, 4.69) is 138 Å². The number of nitrogens with zero attached hydrogens (tertiary/aromatic N) is 1. The molecule has 0 radical (unpaired) electrons. The zero-order valence-electron chi connectivity index (χ0n) is 22.7. The van der Waals surface area contributed by atoms with E-state index in [0.717, 1.165) is 6.42 Å². The van der Waals surface area contributed by atoms with Gasteiger partial charge in [0.2, 0.25) is 0 Å². The van der Waals surface area contributed by atoms with Crippen LogP contribution >= 0.6 is 0 Å². The average molecular weight is 483 g/mol. The van der Waals surface area contributed by atoms with E-state index in [0.29, 0.717) is 8.45 Å². The standard InChI is InChI=1S/C9H14N.2C8H9.C2H4.4CH3.Ti/c1-9(2,3)10-8-6-4-5-7-8;2*1-2-8-6-4-3-5-7-8;1-2;;;;;/h4-6H,7H2,1-3H3;2*2-7H,1H3;1-2H2;4*1H3;/q-1;;;;;;;;+1. The first-order valence-corrected chi connectivity index (χ1v) is 24.2. The molecule has 0 bridgehead atoms. The van der Waals surface area contributed by atoms with Crippen LogP contribution in [0.25, 0.3) is 0 Å². The minimum atomic E-state index is -5.68. The molecule has 2 aliphatic rings. The van der Waals surface area contributed by atoms with E-state index in [1.165, 1.54) is 26.3 Å². The van der Waals surface area contributed by atoms with E-state index in [-0.39, 0.29) is 5.54 Å². The monoisotopic (exact) mass is 482 g/mol. The fourth-order valence-electron chi connectivity index (χ4n) is 10.4. The van der Waals surface area contributed by atoms with Gasteiger partial charge in [-0.1, -0.05) is 0 Å². The summed E-state index contributed by atoms with van der Waals surface area (Å²) in [5.74, 6) is 0. The van der Waals surface area contributed by atoms with Crippen molar-refractivity contribution in [2.45, 2.75) is 85.4 Å². The van der Waals surface area contributed by atoms with Gasteiger partial charge in [-0.05, 0) is 0 Å². The zero-order chi connectivity index (χ0) is 24.6. The first-order chi connectivity index (χ1) is 14.8. The van der Waals surface area contributed by atoms with E-state index in [4.69, 9.17) is 0 Å². The first kappa shape index (κ1) is 24.6. The van der Waals surface area contributed by atoms with Crippen molar-refractivity contribution in [3.05, 3.63) is 95.7 Å². The molecule has 1 heterocycles. The molecule has 1 saturated heterocycles. The van der Waals surface area contributed by atoms with Crippen LogP contribution in [-0.4, -0.2) is 8.92 Å². The molecule has 1 aliphatic carbocycles. The summed E-state index contributed by atoms with van der Waals surface area (Å²) in [7, 11) is -5.68. The fourth-order valence-corrected chi connectivity index (χ4v) is 44.7. The zero-order valence-corrected chi connectivity index (χ0v) is 24.3. The molecule has 0 N–H and O–H groups in total. The Bertz CT molecular complexity index is 1210. The Kier molecular flexibility index (Phi) is 3.54. The number of rotatable bonds is 6. The Morgan fingerprint density at radius 2 is 1.15 bits per heavy atom. The van der Waals surface area contributed by atoms with Gasteiger partial charge >= 0.3 is 195 Å². The molecule has 0 spiro atoms. The molecule has 1 nitrogen and oxygen atoms in total. The van der Waals surface area contributed by atoms with Crippen LogP contribution in [0.1, 0.15) is 60.6 Å². The van der Waals surface area contributed by atoms with Gasteiger partial charge in [-0.2, -0.15) is 0 Å². The Balaban J connectivity index is 2.30. The van der Waals surface area contributed by atoms with Gasteiger partial charge in [-0.3, -0.25) is 0 Å². The third-order valence-electron chi connectivity index (χ3n) is 14.4. The fraction of sp³-hybridized carbons (Fsp3) is 0.484. The summed E-state index contributed by atoms with van der Waals surface area (Å²) < 4.78 is 6.27. The molecule has 181 valence electrons. The topological polar surface area (TPSA) is 3.24 Å². The van der Waals surface area contributed by atoms with Crippen molar-refractivity contribution < 1.29 is 10.4 Å². The van der Waals surface area contributed by atoms with Crippen LogP contribution in [0, 0.1) is 0 Å². The molecule has 0 aromatic heterocycles. The predicted octanol–water partition coefficient (Wildman–Crippen LogP) is 10.2. The predicted molar refractivity (Wildman–Crippen MR) is 146 cm³/mol. The van der Waals surface area contributed by atoms with Crippen LogP contribution in [0.15, 0.2) is 84.6 Å². The average Bonchev–Trinajstić information content (AvgIpc) is 3.03. The summed E-state index contributed by atoms with van der Waals surface area (Å²) >= 11 is 0. The summed E-state index contributed by atoms with van der Waals surface area (Å²) in [6, 6.07) is 22.8. The Morgan fingerprint density at radius 1 is 0.727 bits per heavy atom. The van der Waals surface area contributed by atoms with Crippen LogP contribution in [0.4, 0.5) is 0 Å². The van der Waals surface area contributed by atoms with Gasteiger partial charge < -0.3 is 0 Å². The number of benzene rings is 2. The minimum absolute atomic E-state index is 0.0451. The van der Waals surface area contributed by atoms with Crippen molar-refractivity contribution in [2.24, 2.45) is 0 Å². The molecular weight excluding hydrogens is 434 g/mol. The van der Waals surface area contributed by atoms with Crippen molar-refractivity contribution in [1.82, 2.24) is 3.38 Å². The quantitative estimate of drug-likeness (QED) is 0.370. The van der Waals surface area contributed by atoms with E-state index in [9.17, 15) is 0 Å². The maximum atomic E-state index is 3.07. The van der Waals surface area contributed by atoms with Crippen LogP contribution in [-0.2, 0) is 10.4 Å². The number of hydrogen-bond donors (Lipinski definition) is 0. The molecule has 33 heavy (non-hydrogen) atoms. The van der Waals surface area contributed by atoms with Crippen molar-refractivity contribution in [3.8, 4) is 0 Å². The van der Waals surface area contributed by atoms with Crippen LogP contribution < -0.4 is 0 Å². The molecule has 2 heteroatoms. The third-order valence-corrected chi connectivity index (χ3v) is 48.5. The van der Waals surface area contributed by atoms with Gasteiger partial charge in [0, 0.05) is 0 Å². The third kappa shape index (κ3) is 2.35. The molecule has 2 unspecified atom stereocenters. The van der Waals surface area contributed by atoms with Crippen LogP contribution in [0.3, 0.4) is 0 Å². The van der Waals surface area contributed by atoms with Gasteiger partial charge in [0.15, 0.2) is 0 Å². The van der Waals surface area contributed by atoms with Gasteiger partial charge in [0.05, 0.1) is 0 Å². The van der Waals surface area contributed by atoms with Crippen molar-refractivity contribution in [3.63, 3.8) is 0 Å². The van der Waals surface area contributed by atoms with Crippen molar-refractivity contribution >= 4 is 0 Å². The van der Waals surface area contributed by atoms with Crippen LogP contribution in [0.2, 0.25) is 30.4 Å². The second kappa shape index (κ2) is 4.76. The molecule has 2 aromatic carbocycles. The van der Waals surface area contributed by atoms with E-state index >= 15 is 0 Å². The number of hydrogen-bond acceptors (Lipinski definition) is 1. The molecule has 1 fully saturated rings. The Hall–Kier alpha value is -1.57. The summed E-state index contributed by atoms with van der Waals surface area (Å²) in [5.41, 5.74) is 4.38. The molecule has 1 aliphatic heterocycles. The summed E-state index contributed by atoms with van der Waals surface area (Å²) in [6.07, 6.45) is 8.04. The van der Waals surface area contributed by atoms with E-state index in [1.54, 1.807) is 0 Å². The Morgan fingerprint density at radius 3 is 1.45 bits per heavy atom. The number of allylic oxidation sites excluding steroid dienone is 3. The van der Waals surface area contributed by atoms with E-state index < -0.39 is 10.4 Å². The maximum absolute atomic E-state index is 5.68. The molecule has 0 amide bonds. The molecule has 0 saturated carbocycles. The summed E-state index contributed by atoms with van der Waals surface area (Å²) in [5, 5.41) is 11.3. The molecule has 2 atom stereocenters. The van der Waals surface area contributed by atoms with E-state index in [1.807, 2.05) is 0 Å². The van der Waals surface area contributed by atoms with Gasteiger partial charge in [0.25, 0.3) is 0 Å². The summed E-state index contributed by atoms with van der Waals surface area (Å²) in [4.78, 5) is 0. The molecule has 4 rings (SSSR count). The summed E-state index contributed by atoms with van der Waals surface area (Å²) in [6.45, 7) is 12.5. The SMILES string of the molecule is C[CH](c1ccccc1)[Ti]1([CH3])([CH3])([CH3])([CH3])([CH](C)c2ccccc2)([N](C2=CC=CC2)C(C)(C)C)[CH2][CH2]1. The first-order valence-electron chi connectivity index (χ1n) is 13.2. The van der Waals surface area contributed by atoms with Crippen LogP contribution in [0.5, 0.6) is 0 Å². The van der Waals surface area contributed by atoms with Gasteiger partial charge in [-0.15, -0.1) is 0 Å². The second-order valence-electron chi connectivity index (χ2n) is 19.4. The second-order valence-corrected chi connectivity index (χ2v) is 58.2.